The van der Waals surface area contributed by atoms with Gasteiger partial charge in [-0.25, -0.2) is 4.79 Å². The Kier molecular flexibility index (Phi) is 5.60. The first-order chi connectivity index (χ1) is 16.4. The zero-order valence-electron chi connectivity index (χ0n) is 19.6. The molecule has 2 N–H and O–H groups in total. The molecule has 0 bridgehead atoms. The fourth-order valence-electron chi connectivity index (χ4n) is 5.22. The van der Waals surface area contributed by atoms with Gasteiger partial charge in [0.1, 0.15) is 12.1 Å². The van der Waals surface area contributed by atoms with Gasteiger partial charge in [0, 0.05) is 0 Å². The van der Waals surface area contributed by atoms with Gasteiger partial charge in [0.25, 0.3) is 5.91 Å². The van der Waals surface area contributed by atoms with Crippen LogP contribution < -0.4 is 10.6 Å². The number of aryl methyl sites for hydroxylation is 2. The number of amides is 4. The Balaban J connectivity index is 1.31. The number of nitrogens with zero attached hydrogens (tertiary/aromatic N) is 1. The molecule has 0 unspecified atom stereocenters. The van der Waals surface area contributed by atoms with E-state index >= 15 is 0 Å². The van der Waals surface area contributed by atoms with Crippen LogP contribution in [0.15, 0.2) is 60.7 Å². The summed E-state index contributed by atoms with van der Waals surface area (Å²) in [5.74, 6) is -0.790. The minimum absolute atomic E-state index is 0.218. The lowest BCUT2D eigenvalue weighted by Crippen LogP contribution is -2.43. The summed E-state index contributed by atoms with van der Waals surface area (Å²) < 4.78 is 0. The maximum absolute atomic E-state index is 13.4. The first-order valence-corrected chi connectivity index (χ1v) is 11.9. The lowest BCUT2D eigenvalue weighted by Gasteiger charge is -2.24. The third kappa shape index (κ3) is 3.83. The molecule has 0 saturated carbocycles. The highest BCUT2D eigenvalue weighted by atomic mass is 16.2. The fourth-order valence-corrected chi connectivity index (χ4v) is 5.22. The summed E-state index contributed by atoms with van der Waals surface area (Å²) >= 11 is 0. The second kappa shape index (κ2) is 8.60. The smallest absolute Gasteiger partial charge is 0.325 e. The Labute approximate surface area is 199 Å². The molecule has 5 rings (SSSR count). The average molecular weight is 456 g/mol. The van der Waals surface area contributed by atoms with Gasteiger partial charge < -0.3 is 10.6 Å². The van der Waals surface area contributed by atoms with Gasteiger partial charge in [-0.15, -0.1) is 0 Å². The molecule has 0 aromatic heterocycles. The molecule has 34 heavy (non-hydrogen) atoms. The van der Waals surface area contributed by atoms with Crippen molar-refractivity contribution in [3.05, 3.63) is 82.9 Å². The van der Waals surface area contributed by atoms with E-state index in [1.54, 1.807) is 6.92 Å². The molecule has 1 saturated heterocycles. The van der Waals surface area contributed by atoms with Crippen LogP contribution in [0.5, 0.6) is 0 Å². The molecule has 1 aliphatic carbocycles. The van der Waals surface area contributed by atoms with E-state index in [1.807, 2.05) is 49.4 Å². The number of nitrogens with one attached hydrogen (secondary N) is 2. The van der Waals surface area contributed by atoms with E-state index < -0.39 is 17.5 Å². The van der Waals surface area contributed by atoms with Gasteiger partial charge in [-0.3, -0.25) is 14.5 Å². The van der Waals surface area contributed by atoms with E-state index in [-0.39, 0.29) is 18.5 Å². The second-order valence-electron chi connectivity index (χ2n) is 9.50. The molecule has 2 aliphatic rings. The Morgan fingerprint density at radius 1 is 1.03 bits per heavy atom. The predicted octanol–water partition coefficient (Wildman–Crippen LogP) is 4.36. The van der Waals surface area contributed by atoms with Crippen LogP contribution in [0, 0.1) is 0 Å². The maximum atomic E-state index is 13.4. The fraction of sp³-hybridized carbons (Fsp3) is 0.321. The second-order valence-corrected chi connectivity index (χ2v) is 9.50. The molecule has 6 nitrogen and oxygen atoms in total. The lowest BCUT2D eigenvalue weighted by atomic mass is 9.88. The number of rotatable bonds is 5. The number of benzene rings is 3. The number of carbonyl (C=O) groups is 3. The number of hydrogen-bond acceptors (Lipinski definition) is 3. The quantitative estimate of drug-likeness (QED) is 0.561. The summed E-state index contributed by atoms with van der Waals surface area (Å²) in [5.41, 5.74) is 3.26. The van der Waals surface area contributed by atoms with Crippen LogP contribution in [0.3, 0.4) is 0 Å². The number of imide groups is 1. The largest absolute Gasteiger partial charge is 0.348 e. The number of carbonyl (C=O) groups excluding carboxylic acids is 3. The van der Waals surface area contributed by atoms with Gasteiger partial charge in [-0.05, 0) is 72.6 Å². The molecule has 0 spiro atoms. The number of fused-ring (bicyclic) bond motifs is 2. The predicted molar refractivity (Wildman–Crippen MR) is 131 cm³/mol. The molecule has 1 heterocycles. The van der Waals surface area contributed by atoms with Crippen molar-refractivity contribution in [2.45, 2.75) is 51.1 Å². The van der Waals surface area contributed by atoms with Crippen molar-refractivity contribution in [1.29, 1.82) is 0 Å². The van der Waals surface area contributed by atoms with Gasteiger partial charge in [0.15, 0.2) is 0 Å². The van der Waals surface area contributed by atoms with Crippen molar-refractivity contribution in [3.63, 3.8) is 0 Å². The number of urea groups is 1. The minimum Gasteiger partial charge on any atom is -0.348 e. The van der Waals surface area contributed by atoms with Crippen LogP contribution in [0.2, 0.25) is 0 Å². The Morgan fingerprint density at radius 2 is 1.76 bits per heavy atom. The van der Waals surface area contributed by atoms with Crippen molar-refractivity contribution in [2.24, 2.45) is 0 Å². The van der Waals surface area contributed by atoms with Gasteiger partial charge >= 0.3 is 6.03 Å². The van der Waals surface area contributed by atoms with Crippen LogP contribution in [0.1, 0.15) is 55.0 Å². The van der Waals surface area contributed by atoms with Crippen molar-refractivity contribution in [1.82, 2.24) is 15.5 Å². The zero-order chi connectivity index (χ0) is 23.9. The van der Waals surface area contributed by atoms with Crippen LogP contribution in [-0.2, 0) is 28.0 Å². The SMILES string of the molecule is C[C@@H](NC(=O)CN1C(=O)N[C@](C)(c2cccc3ccccc23)C1=O)c1ccc2c(c1)CCCC2. The summed E-state index contributed by atoms with van der Waals surface area (Å²) in [6.07, 6.45) is 4.60. The van der Waals surface area contributed by atoms with Gasteiger partial charge in [-0.2, -0.15) is 0 Å². The molecule has 4 amide bonds. The van der Waals surface area contributed by atoms with Crippen LogP contribution >= 0.6 is 0 Å². The van der Waals surface area contributed by atoms with Crippen molar-refractivity contribution >= 4 is 28.6 Å². The summed E-state index contributed by atoms with van der Waals surface area (Å²) in [6, 6.07) is 19.0. The normalized spacial score (nSPS) is 20.7. The van der Waals surface area contributed by atoms with Gasteiger partial charge in [0.2, 0.25) is 5.91 Å². The molecule has 174 valence electrons. The van der Waals surface area contributed by atoms with Gasteiger partial charge in [0.05, 0.1) is 6.04 Å². The highest BCUT2D eigenvalue weighted by molar-refractivity contribution is 6.10. The molecule has 0 radical (unpaired) electrons. The van der Waals surface area contributed by atoms with Crippen LogP contribution in [-0.4, -0.2) is 29.3 Å². The topological polar surface area (TPSA) is 78.5 Å². The molecule has 1 aliphatic heterocycles. The summed E-state index contributed by atoms with van der Waals surface area (Å²) in [4.78, 5) is 40.0. The Morgan fingerprint density at radius 3 is 2.59 bits per heavy atom. The van der Waals surface area contributed by atoms with E-state index in [4.69, 9.17) is 0 Å². The van der Waals surface area contributed by atoms with Gasteiger partial charge in [-0.1, -0.05) is 60.7 Å². The molecule has 3 aromatic rings. The first kappa shape index (κ1) is 22.1. The highest BCUT2D eigenvalue weighted by Crippen LogP contribution is 2.34. The highest BCUT2D eigenvalue weighted by Gasteiger charge is 2.50. The lowest BCUT2D eigenvalue weighted by molar-refractivity contribution is -0.135. The van der Waals surface area contributed by atoms with Crippen molar-refractivity contribution < 1.29 is 14.4 Å². The van der Waals surface area contributed by atoms with E-state index in [2.05, 4.69) is 28.8 Å². The molecular formula is C28H29N3O3. The van der Waals surface area contributed by atoms with E-state index in [0.717, 1.165) is 34.1 Å². The maximum Gasteiger partial charge on any atom is 0.325 e. The Bertz CT molecular complexity index is 1300. The van der Waals surface area contributed by atoms with E-state index in [1.165, 1.54) is 24.0 Å². The molecule has 3 aromatic carbocycles. The van der Waals surface area contributed by atoms with Crippen molar-refractivity contribution in [3.8, 4) is 0 Å². The third-order valence-corrected chi connectivity index (χ3v) is 7.16. The summed E-state index contributed by atoms with van der Waals surface area (Å²) in [5, 5.41) is 7.66. The first-order valence-electron chi connectivity index (χ1n) is 11.9. The van der Waals surface area contributed by atoms with E-state index in [9.17, 15) is 14.4 Å². The standard InChI is InChI=1S/C28H29N3O3/c1-18(21-15-14-19-8-3-4-10-22(19)16-21)29-25(32)17-31-26(33)28(2,30-27(31)34)24-13-7-11-20-9-5-6-12-23(20)24/h5-7,9,11-16,18H,3-4,8,10,17H2,1-2H3,(H,29,32)(H,30,34)/t18-,28-/m1/s1. The van der Waals surface area contributed by atoms with Crippen LogP contribution in [0.25, 0.3) is 10.8 Å². The monoisotopic (exact) mass is 455 g/mol. The van der Waals surface area contributed by atoms with Crippen molar-refractivity contribution in [2.75, 3.05) is 6.54 Å². The summed E-state index contributed by atoms with van der Waals surface area (Å²) in [6.45, 7) is 3.30. The minimum atomic E-state index is -1.23. The summed E-state index contributed by atoms with van der Waals surface area (Å²) in [7, 11) is 0. The molecule has 2 atom stereocenters. The molecule has 6 heteroatoms. The van der Waals surface area contributed by atoms with E-state index in [0.29, 0.717) is 5.56 Å². The third-order valence-electron chi connectivity index (χ3n) is 7.16. The molecular weight excluding hydrogens is 426 g/mol. The number of hydrogen-bond donors (Lipinski definition) is 2. The average Bonchev–Trinajstić information content (AvgIpc) is 3.06. The zero-order valence-corrected chi connectivity index (χ0v) is 19.6. The Hall–Kier alpha value is -3.67. The van der Waals surface area contributed by atoms with Crippen LogP contribution in [0.4, 0.5) is 4.79 Å². The molecule has 1 fully saturated rings.